The number of nitrogens with two attached hydrogens (primary N) is 1. The molecule has 0 atom stereocenters. The maximum atomic E-state index is 11.8. The van der Waals surface area contributed by atoms with Crippen molar-refractivity contribution in [1.29, 1.82) is 0 Å². The summed E-state index contributed by atoms with van der Waals surface area (Å²) in [5, 5.41) is 19.1. The number of esters is 1. The maximum absolute atomic E-state index is 11.8. The number of nitrogens with zero attached hydrogens (tertiary/aromatic N) is 1. The van der Waals surface area contributed by atoms with Crippen LogP contribution < -0.4 is 10.5 Å². The van der Waals surface area contributed by atoms with E-state index in [9.17, 15) is 23.3 Å². The fraction of sp³-hybridized carbons (Fsp3) is 0.0714. The van der Waals surface area contributed by atoms with E-state index in [-0.39, 0.29) is 11.3 Å². The van der Waals surface area contributed by atoms with E-state index in [2.05, 4.69) is 10.1 Å². The highest BCUT2D eigenvalue weighted by molar-refractivity contribution is 7.89. The number of carbonyl (C=O) groups is 1. The van der Waals surface area contributed by atoms with Gasteiger partial charge in [-0.05, 0) is 18.2 Å². The Bertz CT molecular complexity index is 896. The van der Waals surface area contributed by atoms with Crippen molar-refractivity contribution in [3.63, 3.8) is 0 Å². The van der Waals surface area contributed by atoms with Gasteiger partial charge in [0.15, 0.2) is 0 Å². The van der Waals surface area contributed by atoms with Gasteiger partial charge in [0.2, 0.25) is 10.0 Å². The summed E-state index contributed by atoms with van der Waals surface area (Å²) < 4.78 is 28.2. The largest absolute Gasteiger partial charge is 0.465 e. The highest BCUT2D eigenvalue weighted by Gasteiger charge is 2.27. The number of para-hydroxylation sites is 1. The number of sulfonamides is 1. The SMILES string of the molecule is COC(=O)c1cc([N+](=O)[O-])c(Nc2ccccc2)c(S(N)(=O)=O)c1. The number of methoxy groups -OCH3 is 1. The number of hydrogen-bond acceptors (Lipinski definition) is 7. The molecule has 2 rings (SSSR count). The van der Waals surface area contributed by atoms with E-state index in [1.807, 2.05) is 0 Å². The first kappa shape index (κ1) is 17.4. The third kappa shape index (κ3) is 3.67. The van der Waals surface area contributed by atoms with E-state index in [1.165, 1.54) is 0 Å². The van der Waals surface area contributed by atoms with E-state index in [1.54, 1.807) is 30.3 Å². The lowest BCUT2D eigenvalue weighted by Crippen LogP contribution is -2.17. The minimum atomic E-state index is -4.35. The molecular formula is C14H13N3O6S. The second-order valence-electron chi connectivity index (χ2n) is 4.65. The van der Waals surface area contributed by atoms with Crippen molar-refractivity contribution in [1.82, 2.24) is 0 Å². The fourth-order valence-corrected chi connectivity index (χ4v) is 2.73. The van der Waals surface area contributed by atoms with Crippen LogP contribution >= 0.6 is 0 Å². The summed E-state index contributed by atoms with van der Waals surface area (Å²) in [6, 6.07) is 10.1. The number of nitro groups is 1. The average Bonchev–Trinajstić information content (AvgIpc) is 2.53. The molecule has 0 amide bonds. The van der Waals surface area contributed by atoms with Crippen LogP contribution in [-0.2, 0) is 14.8 Å². The molecule has 24 heavy (non-hydrogen) atoms. The number of rotatable bonds is 5. The molecule has 0 aliphatic carbocycles. The second-order valence-corrected chi connectivity index (χ2v) is 6.18. The molecule has 0 fully saturated rings. The lowest BCUT2D eigenvalue weighted by Gasteiger charge is -2.12. The van der Waals surface area contributed by atoms with Crippen molar-refractivity contribution in [3.05, 3.63) is 58.1 Å². The first-order valence-electron chi connectivity index (χ1n) is 6.49. The summed E-state index contributed by atoms with van der Waals surface area (Å²) in [5.41, 5.74) is -0.838. The zero-order valence-electron chi connectivity index (χ0n) is 12.4. The molecule has 126 valence electrons. The number of benzene rings is 2. The predicted octanol–water partition coefficient (Wildman–Crippen LogP) is 1.77. The van der Waals surface area contributed by atoms with Gasteiger partial charge >= 0.3 is 5.97 Å². The van der Waals surface area contributed by atoms with Crippen LogP contribution in [0.2, 0.25) is 0 Å². The Hall–Kier alpha value is -2.98. The molecule has 10 heteroatoms. The van der Waals surface area contributed by atoms with Crippen LogP contribution in [0.1, 0.15) is 10.4 Å². The summed E-state index contributed by atoms with van der Waals surface area (Å²) in [7, 11) is -3.28. The fourth-order valence-electron chi connectivity index (χ4n) is 2.00. The van der Waals surface area contributed by atoms with E-state index in [0.717, 1.165) is 19.2 Å². The molecule has 0 unspecified atom stereocenters. The van der Waals surface area contributed by atoms with Crippen LogP contribution in [0.25, 0.3) is 0 Å². The molecule has 0 saturated carbocycles. The topological polar surface area (TPSA) is 142 Å². The molecule has 0 spiro atoms. The van der Waals surface area contributed by atoms with Gasteiger partial charge in [-0.1, -0.05) is 18.2 Å². The maximum Gasteiger partial charge on any atom is 0.338 e. The van der Waals surface area contributed by atoms with Gasteiger partial charge in [0.1, 0.15) is 10.6 Å². The zero-order valence-corrected chi connectivity index (χ0v) is 13.2. The van der Waals surface area contributed by atoms with Crippen LogP contribution in [-0.4, -0.2) is 26.4 Å². The Balaban J connectivity index is 2.74. The summed E-state index contributed by atoms with van der Waals surface area (Å²) in [5.74, 6) is -0.922. The van der Waals surface area contributed by atoms with Gasteiger partial charge in [-0.3, -0.25) is 10.1 Å². The van der Waals surface area contributed by atoms with Gasteiger partial charge in [-0.25, -0.2) is 18.4 Å². The predicted molar refractivity (Wildman–Crippen MR) is 85.5 cm³/mol. The second kappa shape index (κ2) is 6.64. The van der Waals surface area contributed by atoms with Crippen molar-refractivity contribution in [2.45, 2.75) is 4.90 Å². The number of hydrogen-bond donors (Lipinski definition) is 2. The molecule has 0 saturated heterocycles. The normalized spacial score (nSPS) is 10.9. The number of anilines is 2. The minimum Gasteiger partial charge on any atom is -0.465 e. The molecule has 0 radical (unpaired) electrons. The van der Waals surface area contributed by atoms with E-state index < -0.39 is 31.5 Å². The Morgan fingerprint density at radius 3 is 2.38 bits per heavy atom. The average molecular weight is 351 g/mol. The molecule has 0 aromatic heterocycles. The highest BCUT2D eigenvalue weighted by atomic mass is 32.2. The summed E-state index contributed by atoms with van der Waals surface area (Å²) in [4.78, 5) is 21.6. The molecule has 2 aromatic rings. The van der Waals surface area contributed by atoms with Gasteiger partial charge in [-0.15, -0.1) is 0 Å². The molecule has 0 aliphatic heterocycles. The third-order valence-electron chi connectivity index (χ3n) is 3.05. The van der Waals surface area contributed by atoms with Gasteiger partial charge in [-0.2, -0.15) is 0 Å². The van der Waals surface area contributed by atoms with Crippen LogP contribution in [0.5, 0.6) is 0 Å². The monoisotopic (exact) mass is 351 g/mol. The van der Waals surface area contributed by atoms with E-state index in [4.69, 9.17) is 5.14 Å². The summed E-state index contributed by atoms with van der Waals surface area (Å²) in [6.07, 6.45) is 0. The minimum absolute atomic E-state index is 0.299. The number of nitrogens with one attached hydrogen (secondary N) is 1. The smallest absolute Gasteiger partial charge is 0.338 e. The van der Waals surface area contributed by atoms with E-state index in [0.29, 0.717) is 5.69 Å². The standard InChI is InChI=1S/C14H13N3O6S/c1-23-14(18)9-7-11(17(19)20)13(12(8-9)24(15,21)22)16-10-5-3-2-4-6-10/h2-8,16H,1H3,(H2,15,21,22). The van der Waals surface area contributed by atoms with Crippen molar-refractivity contribution >= 4 is 33.1 Å². The number of carbonyl (C=O) groups excluding carboxylic acids is 1. The van der Waals surface area contributed by atoms with Crippen molar-refractivity contribution in [2.75, 3.05) is 12.4 Å². The number of nitro benzene ring substituents is 1. The molecule has 3 N–H and O–H groups in total. The van der Waals surface area contributed by atoms with Crippen molar-refractivity contribution in [2.24, 2.45) is 5.14 Å². The Morgan fingerprint density at radius 1 is 1.25 bits per heavy atom. The van der Waals surface area contributed by atoms with Crippen molar-refractivity contribution < 1.29 is 22.9 Å². The quantitative estimate of drug-likeness (QED) is 0.475. The number of ether oxygens (including phenoxy) is 1. The molecular weight excluding hydrogens is 338 g/mol. The lowest BCUT2D eigenvalue weighted by atomic mass is 10.1. The molecule has 0 aliphatic rings. The highest BCUT2D eigenvalue weighted by Crippen LogP contribution is 2.35. The molecule has 2 aromatic carbocycles. The van der Waals surface area contributed by atoms with Gasteiger partial charge in [0.25, 0.3) is 5.69 Å². The van der Waals surface area contributed by atoms with Crippen LogP contribution in [0, 0.1) is 10.1 Å². The first-order valence-corrected chi connectivity index (χ1v) is 8.04. The van der Waals surface area contributed by atoms with E-state index >= 15 is 0 Å². The molecule has 0 bridgehead atoms. The van der Waals surface area contributed by atoms with Crippen LogP contribution in [0.4, 0.5) is 17.1 Å². The summed E-state index contributed by atoms with van der Waals surface area (Å²) in [6.45, 7) is 0. The lowest BCUT2D eigenvalue weighted by molar-refractivity contribution is -0.384. The van der Waals surface area contributed by atoms with Gasteiger partial charge < -0.3 is 10.1 Å². The Morgan fingerprint density at radius 2 is 1.88 bits per heavy atom. The third-order valence-corrected chi connectivity index (χ3v) is 3.98. The van der Waals surface area contributed by atoms with Crippen molar-refractivity contribution in [3.8, 4) is 0 Å². The van der Waals surface area contributed by atoms with Gasteiger partial charge in [0, 0.05) is 11.8 Å². The molecule has 0 heterocycles. The Labute approximate surface area is 137 Å². The van der Waals surface area contributed by atoms with Gasteiger partial charge in [0.05, 0.1) is 17.6 Å². The Kier molecular flexibility index (Phi) is 4.81. The summed E-state index contributed by atoms with van der Waals surface area (Å²) >= 11 is 0. The first-order chi connectivity index (χ1) is 11.2. The number of primary sulfonamides is 1. The molecule has 9 nitrogen and oxygen atoms in total. The van der Waals surface area contributed by atoms with Crippen LogP contribution in [0.3, 0.4) is 0 Å². The van der Waals surface area contributed by atoms with Crippen LogP contribution in [0.15, 0.2) is 47.4 Å². The zero-order chi connectivity index (χ0) is 17.9.